The van der Waals surface area contributed by atoms with Gasteiger partial charge in [-0.3, -0.25) is 0 Å². The molecule has 1 aromatic heterocycles. The summed E-state index contributed by atoms with van der Waals surface area (Å²) >= 11 is 3.08. The Morgan fingerprint density at radius 3 is 2.74 bits per heavy atom. The number of nitrogens with zero attached hydrogens (tertiary/aromatic N) is 1. The molecule has 0 radical (unpaired) electrons. The quantitative estimate of drug-likeness (QED) is 0.801. The van der Waals surface area contributed by atoms with Crippen molar-refractivity contribution in [2.24, 2.45) is 0 Å². The number of nitrogens with one attached hydrogen (secondary N) is 1. The molecular weight excluding hydrogens is 304 g/mol. The molecule has 19 heavy (non-hydrogen) atoms. The third kappa shape index (κ3) is 4.44. The Labute approximate surface area is 122 Å². The SMILES string of the molecule is O=S(=O)(NCCN1CCSCC1)c1cc(CO)cs1. The first-order valence-corrected chi connectivity index (χ1v) is 9.61. The molecule has 1 aromatic rings. The summed E-state index contributed by atoms with van der Waals surface area (Å²) in [7, 11) is -3.42. The second-order valence-corrected chi connectivity index (χ2v) is 8.41. The van der Waals surface area contributed by atoms with Crippen LogP contribution in [0, 0.1) is 0 Å². The molecular formula is C11H18N2O3S3. The Morgan fingerprint density at radius 1 is 1.37 bits per heavy atom. The van der Waals surface area contributed by atoms with E-state index in [9.17, 15) is 8.42 Å². The van der Waals surface area contributed by atoms with Gasteiger partial charge in [0.05, 0.1) is 6.61 Å². The molecule has 2 heterocycles. The Morgan fingerprint density at radius 2 is 2.11 bits per heavy atom. The molecule has 0 bridgehead atoms. The number of thioether (sulfide) groups is 1. The van der Waals surface area contributed by atoms with Crippen molar-refractivity contribution in [3.8, 4) is 0 Å². The van der Waals surface area contributed by atoms with Gasteiger partial charge in [0.15, 0.2) is 0 Å². The molecule has 5 nitrogen and oxygen atoms in total. The van der Waals surface area contributed by atoms with E-state index in [-0.39, 0.29) is 10.8 Å². The topological polar surface area (TPSA) is 69.6 Å². The van der Waals surface area contributed by atoms with Gasteiger partial charge in [-0.15, -0.1) is 11.3 Å². The maximum atomic E-state index is 12.0. The van der Waals surface area contributed by atoms with E-state index in [1.807, 2.05) is 11.8 Å². The van der Waals surface area contributed by atoms with Crippen molar-refractivity contribution in [2.45, 2.75) is 10.8 Å². The molecule has 1 fully saturated rings. The van der Waals surface area contributed by atoms with Crippen LogP contribution in [0.2, 0.25) is 0 Å². The minimum atomic E-state index is -3.42. The van der Waals surface area contributed by atoms with Crippen LogP contribution in [-0.4, -0.2) is 56.1 Å². The van der Waals surface area contributed by atoms with Crippen LogP contribution >= 0.6 is 23.1 Å². The van der Waals surface area contributed by atoms with E-state index < -0.39 is 10.0 Å². The van der Waals surface area contributed by atoms with Crippen molar-refractivity contribution in [1.29, 1.82) is 0 Å². The van der Waals surface area contributed by atoms with E-state index >= 15 is 0 Å². The van der Waals surface area contributed by atoms with Gasteiger partial charge in [-0.2, -0.15) is 11.8 Å². The van der Waals surface area contributed by atoms with Gasteiger partial charge >= 0.3 is 0 Å². The number of thiophene rings is 1. The van der Waals surface area contributed by atoms with Crippen molar-refractivity contribution < 1.29 is 13.5 Å². The molecule has 0 aliphatic carbocycles. The van der Waals surface area contributed by atoms with Gasteiger partial charge in [-0.05, 0) is 17.0 Å². The summed E-state index contributed by atoms with van der Waals surface area (Å²) in [6, 6.07) is 1.52. The number of aliphatic hydroxyl groups excluding tert-OH is 1. The average Bonchev–Trinajstić information content (AvgIpc) is 2.89. The summed E-state index contributed by atoms with van der Waals surface area (Å²) in [6.07, 6.45) is 0. The van der Waals surface area contributed by atoms with E-state index in [1.54, 1.807) is 5.38 Å². The lowest BCUT2D eigenvalue weighted by Crippen LogP contribution is -2.39. The average molecular weight is 322 g/mol. The smallest absolute Gasteiger partial charge is 0.250 e. The molecule has 0 saturated carbocycles. The zero-order chi connectivity index (χ0) is 13.7. The lowest BCUT2D eigenvalue weighted by Gasteiger charge is -2.25. The van der Waals surface area contributed by atoms with Crippen LogP contribution < -0.4 is 4.72 Å². The highest BCUT2D eigenvalue weighted by Gasteiger charge is 2.17. The highest BCUT2D eigenvalue weighted by molar-refractivity contribution is 7.99. The zero-order valence-corrected chi connectivity index (χ0v) is 13.0. The molecule has 108 valence electrons. The lowest BCUT2D eigenvalue weighted by atomic mass is 10.4. The number of rotatable bonds is 6. The van der Waals surface area contributed by atoms with Crippen LogP contribution in [0.25, 0.3) is 0 Å². The Kier molecular flexibility index (Phi) is 5.67. The predicted octanol–water partition coefficient (Wildman–Crippen LogP) is 0.567. The predicted molar refractivity (Wildman–Crippen MR) is 79.2 cm³/mol. The summed E-state index contributed by atoms with van der Waals surface area (Å²) in [5, 5.41) is 10.6. The Bertz CT molecular complexity index is 495. The van der Waals surface area contributed by atoms with Crippen LogP contribution in [0.3, 0.4) is 0 Å². The fourth-order valence-corrected chi connectivity index (χ4v) is 5.06. The highest BCUT2D eigenvalue weighted by Crippen LogP contribution is 2.19. The Balaban J connectivity index is 1.83. The van der Waals surface area contributed by atoms with Crippen molar-refractivity contribution in [3.63, 3.8) is 0 Å². The van der Waals surface area contributed by atoms with Gasteiger partial charge < -0.3 is 10.0 Å². The van der Waals surface area contributed by atoms with Gasteiger partial charge in [0, 0.05) is 37.7 Å². The van der Waals surface area contributed by atoms with Crippen LogP contribution in [0.1, 0.15) is 5.56 Å². The summed E-state index contributed by atoms with van der Waals surface area (Å²) in [5.74, 6) is 2.25. The molecule has 0 aromatic carbocycles. The third-order valence-electron chi connectivity index (χ3n) is 2.90. The summed E-state index contributed by atoms with van der Waals surface area (Å²) in [4.78, 5) is 2.27. The minimum Gasteiger partial charge on any atom is -0.392 e. The summed E-state index contributed by atoms with van der Waals surface area (Å²) in [5.41, 5.74) is 0.637. The molecule has 1 aliphatic rings. The number of sulfonamides is 1. The summed E-state index contributed by atoms with van der Waals surface area (Å²) < 4.78 is 26.9. The maximum Gasteiger partial charge on any atom is 0.250 e. The first-order valence-electron chi connectivity index (χ1n) is 6.10. The van der Waals surface area contributed by atoms with Gasteiger partial charge in [0.25, 0.3) is 0 Å². The first-order chi connectivity index (χ1) is 9.12. The molecule has 1 saturated heterocycles. The molecule has 0 spiro atoms. The van der Waals surface area contributed by atoms with Crippen molar-refractivity contribution >= 4 is 33.1 Å². The second-order valence-electron chi connectivity index (χ2n) is 4.28. The van der Waals surface area contributed by atoms with Crippen LogP contribution in [0.15, 0.2) is 15.7 Å². The number of hydrogen-bond donors (Lipinski definition) is 2. The molecule has 0 atom stereocenters. The molecule has 0 amide bonds. The van der Waals surface area contributed by atoms with E-state index in [2.05, 4.69) is 9.62 Å². The standard InChI is InChI=1S/C11H18N2O3S3/c14-8-10-7-11(18-9-10)19(15,16)12-1-2-13-3-5-17-6-4-13/h7,9,12,14H,1-6,8H2. The monoisotopic (exact) mass is 322 g/mol. The highest BCUT2D eigenvalue weighted by atomic mass is 32.2. The molecule has 0 unspecified atom stereocenters. The molecule has 8 heteroatoms. The van der Waals surface area contributed by atoms with Gasteiger partial charge in [-0.1, -0.05) is 0 Å². The lowest BCUT2D eigenvalue weighted by molar-refractivity contribution is 0.282. The number of aliphatic hydroxyl groups is 1. The van der Waals surface area contributed by atoms with E-state index in [0.717, 1.165) is 42.5 Å². The zero-order valence-electron chi connectivity index (χ0n) is 10.5. The largest absolute Gasteiger partial charge is 0.392 e. The van der Waals surface area contributed by atoms with Crippen LogP contribution in [-0.2, 0) is 16.6 Å². The third-order valence-corrected chi connectivity index (χ3v) is 6.79. The van der Waals surface area contributed by atoms with Crippen molar-refractivity contribution in [1.82, 2.24) is 9.62 Å². The Hall–Kier alpha value is -0.120. The van der Waals surface area contributed by atoms with E-state index in [0.29, 0.717) is 12.1 Å². The number of hydrogen-bond acceptors (Lipinski definition) is 6. The van der Waals surface area contributed by atoms with E-state index in [1.165, 1.54) is 6.07 Å². The van der Waals surface area contributed by atoms with Crippen LogP contribution in [0.4, 0.5) is 0 Å². The normalized spacial score (nSPS) is 17.7. The minimum absolute atomic E-state index is 0.128. The van der Waals surface area contributed by atoms with Crippen molar-refractivity contribution in [2.75, 3.05) is 37.7 Å². The first kappa shape index (κ1) is 15.3. The molecule has 2 N–H and O–H groups in total. The van der Waals surface area contributed by atoms with Crippen LogP contribution in [0.5, 0.6) is 0 Å². The van der Waals surface area contributed by atoms with E-state index in [4.69, 9.17) is 5.11 Å². The molecule has 2 rings (SSSR count). The van der Waals surface area contributed by atoms with Gasteiger partial charge in [0.1, 0.15) is 4.21 Å². The fourth-order valence-electron chi connectivity index (χ4n) is 1.81. The van der Waals surface area contributed by atoms with Gasteiger partial charge in [0.2, 0.25) is 10.0 Å². The summed E-state index contributed by atoms with van der Waals surface area (Å²) in [6.45, 7) is 3.11. The fraction of sp³-hybridized carbons (Fsp3) is 0.636. The van der Waals surface area contributed by atoms with Crippen molar-refractivity contribution in [3.05, 3.63) is 17.0 Å². The molecule has 1 aliphatic heterocycles. The van der Waals surface area contributed by atoms with Gasteiger partial charge in [-0.25, -0.2) is 13.1 Å². The second kappa shape index (κ2) is 7.05. The maximum absolute atomic E-state index is 12.0.